The number of rotatable bonds is 9. The minimum absolute atomic E-state index is 0.0315. The number of anilines is 1. The summed E-state index contributed by atoms with van der Waals surface area (Å²) in [5.74, 6) is -0.0979. The average molecular weight is 458 g/mol. The van der Waals surface area contributed by atoms with Crippen LogP contribution in [-0.2, 0) is 11.2 Å². The number of unbranched alkanes of at least 4 members (excludes halogenated alkanes) is 2. The van der Waals surface area contributed by atoms with Gasteiger partial charge in [0.1, 0.15) is 6.17 Å². The molecule has 3 heterocycles. The summed E-state index contributed by atoms with van der Waals surface area (Å²) in [7, 11) is 0. The maximum atomic E-state index is 13.4. The molecule has 2 aliphatic heterocycles. The number of imidazole rings is 1. The molecule has 0 aliphatic carbocycles. The summed E-state index contributed by atoms with van der Waals surface area (Å²) >= 11 is 0. The lowest BCUT2D eigenvalue weighted by Crippen LogP contribution is -2.48. The zero-order valence-corrected chi connectivity index (χ0v) is 18.9. The Labute approximate surface area is 198 Å². The van der Waals surface area contributed by atoms with E-state index in [2.05, 4.69) is 15.3 Å². The smallest absolute Gasteiger partial charge is 0.260 e. The van der Waals surface area contributed by atoms with Crippen LogP contribution >= 0.6 is 0 Å². The van der Waals surface area contributed by atoms with Crippen LogP contribution in [0.1, 0.15) is 63.8 Å². The summed E-state index contributed by atoms with van der Waals surface area (Å²) in [6.07, 6.45) is 6.47. The zero-order chi connectivity index (χ0) is 23.5. The highest BCUT2D eigenvalue weighted by molar-refractivity contribution is 6.16. The Kier molecular flexibility index (Phi) is 6.12. The number of H-pyrrole nitrogens is 1. The van der Waals surface area contributed by atoms with Gasteiger partial charge < -0.3 is 15.2 Å². The van der Waals surface area contributed by atoms with Gasteiger partial charge in [0.15, 0.2) is 0 Å². The van der Waals surface area contributed by atoms with Crippen LogP contribution in [-0.4, -0.2) is 45.7 Å². The van der Waals surface area contributed by atoms with Gasteiger partial charge in [-0.1, -0.05) is 36.8 Å². The maximum Gasteiger partial charge on any atom is 0.260 e. The van der Waals surface area contributed by atoms with Crippen LogP contribution in [0.2, 0.25) is 0 Å². The molecule has 0 fully saturated rings. The van der Waals surface area contributed by atoms with E-state index in [0.717, 1.165) is 36.9 Å². The number of para-hydroxylation sites is 1. The van der Waals surface area contributed by atoms with E-state index in [1.54, 1.807) is 28.4 Å². The summed E-state index contributed by atoms with van der Waals surface area (Å²) in [5.41, 5.74) is 3.73. The Morgan fingerprint density at radius 1 is 0.971 bits per heavy atom. The number of carbonyl (C=O) groups is 3. The molecule has 34 heavy (non-hydrogen) atoms. The maximum absolute atomic E-state index is 13.4. The van der Waals surface area contributed by atoms with E-state index in [0.29, 0.717) is 36.3 Å². The number of nitrogens with one attached hydrogen (secondary N) is 2. The molecular weight excluding hydrogens is 430 g/mol. The fourth-order valence-corrected chi connectivity index (χ4v) is 4.79. The Hall–Kier alpha value is -3.94. The SMILES string of the molecule is O=C(CCCCCN1C(=O)c2ccccc2N2C(=O)c3ccccc3C12)NCCc1cnc[nH]1. The largest absolute Gasteiger partial charge is 0.356 e. The van der Waals surface area contributed by atoms with Crippen molar-refractivity contribution in [2.24, 2.45) is 0 Å². The molecule has 174 valence electrons. The van der Waals surface area contributed by atoms with Gasteiger partial charge in [0.25, 0.3) is 11.8 Å². The van der Waals surface area contributed by atoms with Crippen LogP contribution in [0.15, 0.2) is 61.1 Å². The first-order valence-corrected chi connectivity index (χ1v) is 11.7. The second-order valence-corrected chi connectivity index (χ2v) is 8.64. The van der Waals surface area contributed by atoms with E-state index >= 15 is 0 Å². The second-order valence-electron chi connectivity index (χ2n) is 8.64. The third-order valence-electron chi connectivity index (χ3n) is 6.46. The number of hydrogen-bond acceptors (Lipinski definition) is 4. The van der Waals surface area contributed by atoms with Gasteiger partial charge in [-0.05, 0) is 31.0 Å². The number of fused-ring (bicyclic) bond motifs is 5. The average Bonchev–Trinajstić information content (AvgIpc) is 3.47. The molecule has 3 aromatic rings. The molecule has 1 aromatic heterocycles. The van der Waals surface area contributed by atoms with Gasteiger partial charge in [-0.2, -0.15) is 0 Å². The van der Waals surface area contributed by atoms with Crippen molar-refractivity contribution in [1.82, 2.24) is 20.2 Å². The topological polar surface area (TPSA) is 98.4 Å². The fourth-order valence-electron chi connectivity index (χ4n) is 4.79. The molecule has 8 nitrogen and oxygen atoms in total. The molecule has 0 bridgehead atoms. The standard InChI is InChI=1S/C26H27N5O3/c32-23(28-14-13-18-16-27-17-29-18)12-2-1-7-15-30-24-19-8-3-4-9-20(19)26(34)31(24)22-11-6-5-10-21(22)25(30)33/h3-6,8-11,16-17,24H,1-2,7,12-15H2,(H,27,29)(H,28,32). The first-order chi connectivity index (χ1) is 16.6. The minimum Gasteiger partial charge on any atom is -0.356 e. The van der Waals surface area contributed by atoms with E-state index in [4.69, 9.17) is 0 Å². The molecule has 2 aromatic carbocycles. The van der Waals surface area contributed by atoms with Crippen LogP contribution < -0.4 is 10.2 Å². The molecule has 2 N–H and O–H groups in total. The Morgan fingerprint density at radius 2 is 1.76 bits per heavy atom. The number of carbonyl (C=O) groups excluding carboxylic acids is 3. The lowest BCUT2D eigenvalue weighted by atomic mass is 10.0. The van der Waals surface area contributed by atoms with Crippen LogP contribution in [0.5, 0.6) is 0 Å². The van der Waals surface area contributed by atoms with Crippen LogP contribution in [0.25, 0.3) is 0 Å². The summed E-state index contributed by atoms with van der Waals surface area (Å²) in [6.45, 7) is 1.10. The Balaban J connectivity index is 1.19. The van der Waals surface area contributed by atoms with Gasteiger partial charge in [-0.3, -0.25) is 19.3 Å². The third kappa shape index (κ3) is 4.07. The van der Waals surface area contributed by atoms with Crippen molar-refractivity contribution in [3.05, 3.63) is 83.4 Å². The first kappa shape index (κ1) is 21.9. The predicted molar refractivity (Wildman–Crippen MR) is 127 cm³/mol. The lowest BCUT2D eigenvalue weighted by molar-refractivity contribution is -0.121. The predicted octanol–water partition coefficient (Wildman–Crippen LogP) is 3.44. The summed E-state index contributed by atoms with van der Waals surface area (Å²) in [5, 5.41) is 2.93. The molecule has 5 rings (SSSR count). The highest BCUT2D eigenvalue weighted by Crippen LogP contribution is 2.45. The van der Waals surface area contributed by atoms with Crippen molar-refractivity contribution < 1.29 is 14.4 Å². The number of aromatic nitrogens is 2. The van der Waals surface area contributed by atoms with Crippen molar-refractivity contribution in [3.8, 4) is 0 Å². The van der Waals surface area contributed by atoms with Crippen LogP contribution in [0.3, 0.4) is 0 Å². The minimum atomic E-state index is -0.420. The molecule has 0 spiro atoms. The summed E-state index contributed by atoms with van der Waals surface area (Å²) in [6, 6.07) is 14.8. The molecule has 0 saturated carbocycles. The van der Waals surface area contributed by atoms with Gasteiger partial charge in [0.05, 0.1) is 17.6 Å². The van der Waals surface area contributed by atoms with Crippen LogP contribution in [0.4, 0.5) is 5.69 Å². The molecular formula is C26H27N5O3. The molecule has 2 aliphatic rings. The number of nitrogens with zero attached hydrogens (tertiary/aromatic N) is 3. The van der Waals surface area contributed by atoms with Gasteiger partial charge in [-0.15, -0.1) is 0 Å². The number of amides is 3. The van der Waals surface area contributed by atoms with E-state index in [1.165, 1.54) is 0 Å². The van der Waals surface area contributed by atoms with Crippen molar-refractivity contribution in [2.75, 3.05) is 18.0 Å². The number of hydrogen-bond donors (Lipinski definition) is 2. The van der Waals surface area contributed by atoms with E-state index in [9.17, 15) is 14.4 Å². The highest BCUT2D eigenvalue weighted by Gasteiger charge is 2.47. The second kappa shape index (κ2) is 9.51. The van der Waals surface area contributed by atoms with E-state index in [1.807, 2.05) is 42.5 Å². The summed E-state index contributed by atoms with van der Waals surface area (Å²) < 4.78 is 0. The molecule has 1 atom stereocenters. The number of aromatic amines is 1. The number of benzene rings is 2. The highest BCUT2D eigenvalue weighted by atomic mass is 16.2. The van der Waals surface area contributed by atoms with Crippen molar-refractivity contribution in [2.45, 2.75) is 38.3 Å². The fraction of sp³-hybridized carbons (Fsp3) is 0.308. The third-order valence-corrected chi connectivity index (χ3v) is 6.46. The van der Waals surface area contributed by atoms with Gasteiger partial charge in [0.2, 0.25) is 5.91 Å². The Morgan fingerprint density at radius 3 is 2.59 bits per heavy atom. The zero-order valence-electron chi connectivity index (χ0n) is 18.9. The molecule has 3 amide bonds. The van der Waals surface area contributed by atoms with E-state index in [-0.39, 0.29) is 17.7 Å². The molecule has 1 unspecified atom stereocenters. The molecule has 0 radical (unpaired) electrons. The van der Waals surface area contributed by atoms with Gasteiger partial charge in [-0.25, -0.2) is 4.98 Å². The molecule has 0 saturated heterocycles. The quantitative estimate of drug-likeness (QED) is 0.481. The van der Waals surface area contributed by atoms with Gasteiger partial charge >= 0.3 is 0 Å². The van der Waals surface area contributed by atoms with E-state index < -0.39 is 6.17 Å². The monoisotopic (exact) mass is 457 g/mol. The lowest BCUT2D eigenvalue weighted by Gasteiger charge is -2.41. The molecule has 8 heteroatoms. The van der Waals surface area contributed by atoms with Crippen LogP contribution in [0, 0.1) is 0 Å². The normalized spacial score (nSPS) is 16.3. The summed E-state index contributed by atoms with van der Waals surface area (Å²) in [4.78, 5) is 49.2. The van der Waals surface area contributed by atoms with Crippen molar-refractivity contribution in [3.63, 3.8) is 0 Å². The van der Waals surface area contributed by atoms with Crippen molar-refractivity contribution in [1.29, 1.82) is 0 Å². The Bertz CT molecular complexity index is 1210. The first-order valence-electron chi connectivity index (χ1n) is 11.7. The van der Waals surface area contributed by atoms with Gasteiger partial charge in [0, 0.05) is 48.9 Å². The van der Waals surface area contributed by atoms with Crippen molar-refractivity contribution >= 4 is 23.4 Å².